The number of aliphatic hydroxyl groups is 1. The fourth-order valence-corrected chi connectivity index (χ4v) is 2.43. The van der Waals surface area contributed by atoms with E-state index in [0.717, 1.165) is 30.5 Å². The lowest BCUT2D eigenvalue weighted by atomic mass is 9.93. The van der Waals surface area contributed by atoms with Crippen LogP contribution in [0.25, 0.3) is 0 Å². The van der Waals surface area contributed by atoms with E-state index in [1.54, 1.807) is 6.07 Å². The first kappa shape index (κ1) is 12.5. The first-order chi connectivity index (χ1) is 8.16. The molecule has 0 radical (unpaired) electrons. The summed E-state index contributed by atoms with van der Waals surface area (Å²) in [5.74, 6) is -0.227. The molecule has 1 aliphatic heterocycles. The van der Waals surface area contributed by atoms with Gasteiger partial charge in [0, 0.05) is 12.5 Å². The van der Waals surface area contributed by atoms with Crippen LogP contribution in [-0.2, 0) is 6.42 Å². The average Bonchev–Trinajstić information content (AvgIpc) is 2.35. The smallest absolute Gasteiger partial charge is 0.123 e. The van der Waals surface area contributed by atoms with E-state index in [2.05, 4.69) is 5.32 Å². The van der Waals surface area contributed by atoms with Crippen LogP contribution in [-0.4, -0.2) is 23.8 Å². The summed E-state index contributed by atoms with van der Waals surface area (Å²) in [4.78, 5) is 0. The zero-order chi connectivity index (χ0) is 12.3. The normalized spacial score (nSPS) is 22.4. The molecular formula is C14H20FNO. The first-order valence-electron chi connectivity index (χ1n) is 6.33. The second-order valence-electron chi connectivity index (χ2n) is 4.90. The third kappa shape index (κ3) is 3.27. The molecule has 2 N–H and O–H groups in total. The Kier molecular flexibility index (Phi) is 4.13. The largest absolute Gasteiger partial charge is 0.391 e. The molecule has 1 saturated heterocycles. The molecule has 1 aromatic carbocycles. The zero-order valence-electron chi connectivity index (χ0n) is 10.2. The highest BCUT2D eigenvalue weighted by molar-refractivity contribution is 5.27. The van der Waals surface area contributed by atoms with Gasteiger partial charge in [-0.1, -0.05) is 12.5 Å². The van der Waals surface area contributed by atoms with Gasteiger partial charge in [-0.05, 0) is 49.6 Å². The van der Waals surface area contributed by atoms with Gasteiger partial charge in [0.1, 0.15) is 5.82 Å². The van der Waals surface area contributed by atoms with Crippen LogP contribution in [0, 0.1) is 12.7 Å². The topological polar surface area (TPSA) is 32.3 Å². The SMILES string of the molecule is Cc1ccc(F)cc1CC(O)C1CCCCN1. The van der Waals surface area contributed by atoms with Crippen molar-refractivity contribution in [2.75, 3.05) is 6.54 Å². The van der Waals surface area contributed by atoms with Gasteiger partial charge < -0.3 is 10.4 Å². The molecule has 0 aromatic heterocycles. The summed E-state index contributed by atoms with van der Waals surface area (Å²) in [6, 6.07) is 4.92. The van der Waals surface area contributed by atoms with E-state index in [4.69, 9.17) is 0 Å². The van der Waals surface area contributed by atoms with Crippen LogP contribution < -0.4 is 5.32 Å². The molecule has 2 nitrogen and oxygen atoms in total. The van der Waals surface area contributed by atoms with Crippen LogP contribution in [0.2, 0.25) is 0 Å². The van der Waals surface area contributed by atoms with Crippen molar-refractivity contribution in [2.45, 2.75) is 44.8 Å². The Labute approximate surface area is 102 Å². The summed E-state index contributed by atoms with van der Waals surface area (Å²) in [6.45, 7) is 2.93. The minimum absolute atomic E-state index is 0.159. The van der Waals surface area contributed by atoms with Crippen molar-refractivity contribution in [3.8, 4) is 0 Å². The van der Waals surface area contributed by atoms with Gasteiger partial charge in [-0.25, -0.2) is 4.39 Å². The highest BCUT2D eigenvalue weighted by Gasteiger charge is 2.21. The van der Waals surface area contributed by atoms with Crippen LogP contribution in [0.4, 0.5) is 4.39 Å². The van der Waals surface area contributed by atoms with Crippen LogP contribution in [0.1, 0.15) is 30.4 Å². The summed E-state index contributed by atoms with van der Waals surface area (Å²) in [5, 5.41) is 13.5. The van der Waals surface area contributed by atoms with Crippen LogP contribution in [0.5, 0.6) is 0 Å². The average molecular weight is 237 g/mol. The van der Waals surface area contributed by atoms with Crippen molar-refractivity contribution < 1.29 is 9.50 Å². The zero-order valence-corrected chi connectivity index (χ0v) is 10.2. The van der Waals surface area contributed by atoms with Crippen molar-refractivity contribution in [2.24, 2.45) is 0 Å². The molecule has 0 amide bonds. The Morgan fingerprint density at radius 2 is 2.29 bits per heavy atom. The van der Waals surface area contributed by atoms with Gasteiger partial charge in [0.15, 0.2) is 0 Å². The Balaban J connectivity index is 2.01. The number of halogens is 1. The monoisotopic (exact) mass is 237 g/mol. The molecule has 0 spiro atoms. The highest BCUT2D eigenvalue weighted by Crippen LogP contribution is 2.17. The predicted molar refractivity (Wildman–Crippen MR) is 66.5 cm³/mol. The van der Waals surface area contributed by atoms with Gasteiger partial charge in [0.2, 0.25) is 0 Å². The fraction of sp³-hybridized carbons (Fsp3) is 0.571. The van der Waals surface area contributed by atoms with Gasteiger partial charge in [-0.2, -0.15) is 0 Å². The van der Waals surface area contributed by atoms with Gasteiger partial charge in [0.25, 0.3) is 0 Å². The molecule has 3 heteroatoms. The molecule has 94 valence electrons. The fourth-order valence-electron chi connectivity index (χ4n) is 2.43. The minimum Gasteiger partial charge on any atom is -0.391 e. The number of aliphatic hydroxyl groups excluding tert-OH is 1. The molecule has 1 aliphatic rings. The maximum absolute atomic E-state index is 13.1. The van der Waals surface area contributed by atoms with Crippen molar-refractivity contribution in [1.82, 2.24) is 5.32 Å². The Bertz CT molecular complexity index is 374. The van der Waals surface area contributed by atoms with Crippen LogP contribution in [0.15, 0.2) is 18.2 Å². The molecule has 1 aromatic rings. The van der Waals surface area contributed by atoms with Crippen LogP contribution in [0.3, 0.4) is 0 Å². The lowest BCUT2D eigenvalue weighted by Crippen LogP contribution is -2.44. The second-order valence-corrected chi connectivity index (χ2v) is 4.90. The summed E-state index contributed by atoms with van der Waals surface area (Å²) < 4.78 is 13.1. The molecule has 0 aliphatic carbocycles. The number of benzene rings is 1. The third-order valence-electron chi connectivity index (χ3n) is 3.55. The highest BCUT2D eigenvalue weighted by atomic mass is 19.1. The standard InChI is InChI=1S/C14H20FNO/c1-10-5-6-12(15)8-11(10)9-14(17)13-4-2-3-7-16-13/h5-6,8,13-14,16-17H,2-4,7,9H2,1H3. The third-order valence-corrected chi connectivity index (χ3v) is 3.55. The van der Waals surface area contributed by atoms with E-state index in [-0.39, 0.29) is 11.9 Å². The van der Waals surface area contributed by atoms with Crippen molar-refractivity contribution in [3.63, 3.8) is 0 Å². The Morgan fingerprint density at radius 3 is 3.00 bits per heavy atom. The molecule has 2 unspecified atom stereocenters. The lowest BCUT2D eigenvalue weighted by Gasteiger charge is -2.28. The molecule has 0 saturated carbocycles. The van der Waals surface area contributed by atoms with E-state index >= 15 is 0 Å². The van der Waals surface area contributed by atoms with Gasteiger partial charge >= 0.3 is 0 Å². The number of rotatable bonds is 3. The summed E-state index contributed by atoms with van der Waals surface area (Å²) in [5.41, 5.74) is 1.95. The Hall–Kier alpha value is -0.930. The molecule has 1 fully saturated rings. The first-order valence-corrected chi connectivity index (χ1v) is 6.33. The maximum atomic E-state index is 13.1. The molecule has 2 atom stereocenters. The van der Waals surface area contributed by atoms with E-state index in [1.807, 2.05) is 6.92 Å². The van der Waals surface area contributed by atoms with Crippen molar-refractivity contribution in [1.29, 1.82) is 0 Å². The van der Waals surface area contributed by atoms with E-state index in [9.17, 15) is 9.50 Å². The molecule has 0 bridgehead atoms. The molecule has 1 heterocycles. The van der Waals surface area contributed by atoms with Gasteiger partial charge in [-0.15, -0.1) is 0 Å². The number of nitrogens with one attached hydrogen (secondary N) is 1. The quantitative estimate of drug-likeness (QED) is 0.844. The van der Waals surface area contributed by atoms with E-state index in [0.29, 0.717) is 6.42 Å². The molecular weight excluding hydrogens is 217 g/mol. The van der Waals surface area contributed by atoms with Crippen molar-refractivity contribution >= 4 is 0 Å². The predicted octanol–water partition coefficient (Wildman–Crippen LogP) is 2.18. The van der Waals surface area contributed by atoms with Gasteiger partial charge in [0.05, 0.1) is 6.10 Å². The van der Waals surface area contributed by atoms with E-state index in [1.165, 1.54) is 18.6 Å². The van der Waals surface area contributed by atoms with E-state index < -0.39 is 6.10 Å². The minimum atomic E-state index is -0.421. The number of hydrogen-bond acceptors (Lipinski definition) is 2. The van der Waals surface area contributed by atoms with Gasteiger partial charge in [-0.3, -0.25) is 0 Å². The lowest BCUT2D eigenvalue weighted by molar-refractivity contribution is 0.113. The number of aryl methyl sites for hydroxylation is 1. The summed E-state index contributed by atoms with van der Waals surface area (Å²) >= 11 is 0. The summed E-state index contributed by atoms with van der Waals surface area (Å²) in [7, 11) is 0. The second kappa shape index (κ2) is 5.61. The molecule has 2 rings (SSSR count). The maximum Gasteiger partial charge on any atom is 0.123 e. The summed E-state index contributed by atoms with van der Waals surface area (Å²) in [6.07, 6.45) is 3.46. The van der Waals surface area contributed by atoms with Crippen molar-refractivity contribution in [3.05, 3.63) is 35.1 Å². The number of hydrogen-bond donors (Lipinski definition) is 2. The molecule has 17 heavy (non-hydrogen) atoms. The Morgan fingerprint density at radius 1 is 1.47 bits per heavy atom. The van der Waals surface area contributed by atoms with Crippen LogP contribution >= 0.6 is 0 Å². The number of piperidine rings is 1.